The molecule has 0 aromatic rings. The standard InChI is InChI=1S/C33H54N6O6/c1-11-15-38(10)28(43)24(31(2,3)4)36-30(45)37-25(32(5,6)7)29(44)39-17-19-21(33(19,8)9)22(39)27(42)35-20(23(40)26(34)41)16-18-13-12-14-18/h11,18-22,24-25H,1,12-17H2,2-10H3,(H2,34,41)(H,35,42)(H2,36,37,45)/t19-,20?,21-,22-,24?,25+/m0/s1. The smallest absolute Gasteiger partial charge is 0.316 e. The number of primary amides is 1. The zero-order valence-electron chi connectivity index (χ0n) is 28.5. The first-order valence-corrected chi connectivity index (χ1v) is 16.0. The zero-order valence-corrected chi connectivity index (χ0v) is 28.5. The molecule has 1 saturated heterocycles. The topological polar surface area (TPSA) is 171 Å². The van der Waals surface area contributed by atoms with Gasteiger partial charge in [0.2, 0.25) is 23.5 Å². The molecule has 252 valence electrons. The van der Waals surface area contributed by atoms with Gasteiger partial charge in [0.15, 0.2) is 0 Å². The van der Waals surface area contributed by atoms with Crippen molar-refractivity contribution in [3.63, 3.8) is 0 Å². The third kappa shape index (κ3) is 7.87. The van der Waals surface area contributed by atoms with Gasteiger partial charge >= 0.3 is 6.03 Å². The Hall–Kier alpha value is -3.44. The van der Waals surface area contributed by atoms with E-state index in [2.05, 4.69) is 22.5 Å². The van der Waals surface area contributed by atoms with Crippen molar-refractivity contribution in [2.45, 2.75) is 105 Å². The summed E-state index contributed by atoms with van der Waals surface area (Å²) in [6.07, 6.45) is 4.78. The van der Waals surface area contributed by atoms with Crippen LogP contribution in [0.15, 0.2) is 12.7 Å². The highest BCUT2D eigenvalue weighted by Gasteiger charge is 2.70. The maximum atomic E-state index is 14.3. The predicted molar refractivity (Wildman–Crippen MR) is 170 cm³/mol. The van der Waals surface area contributed by atoms with E-state index in [1.807, 2.05) is 55.4 Å². The van der Waals surface area contributed by atoms with Gasteiger partial charge in [-0.15, -0.1) is 6.58 Å². The van der Waals surface area contributed by atoms with Gasteiger partial charge in [-0.2, -0.15) is 0 Å². The quantitative estimate of drug-likeness (QED) is 0.190. The minimum Gasteiger partial charge on any atom is -0.363 e. The average molecular weight is 631 g/mol. The molecule has 1 aliphatic heterocycles. The SMILES string of the molecule is C=CCN(C)C(=O)C(NC(=O)N[C@H](C(=O)N1C[C@H]2[C@@H]([C@H]1C(=O)NC(CC1CCC1)C(=O)C(N)=O)C2(C)C)C(C)(C)C)C(C)(C)C. The van der Waals surface area contributed by atoms with Crippen molar-refractivity contribution >= 4 is 35.4 Å². The summed E-state index contributed by atoms with van der Waals surface area (Å²) >= 11 is 0. The Morgan fingerprint density at radius 1 is 0.978 bits per heavy atom. The number of hydrogen-bond acceptors (Lipinski definition) is 6. The Kier molecular flexibility index (Phi) is 10.5. The summed E-state index contributed by atoms with van der Waals surface area (Å²) in [6.45, 7) is 19.4. The van der Waals surface area contributed by atoms with Gasteiger partial charge in [-0.1, -0.05) is 80.7 Å². The summed E-state index contributed by atoms with van der Waals surface area (Å²) in [5, 5.41) is 8.37. The van der Waals surface area contributed by atoms with E-state index >= 15 is 0 Å². The molecule has 6 amide bonds. The third-order valence-electron chi connectivity index (χ3n) is 9.99. The molecule has 0 spiro atoms. The van der Waals surface area contributed by atoms with Gasteiger partial charge in [0, 0.05) is 20.1 Å². The number of Topliss-reactive ketones (excluding diaryl/α,β-unsaturated/α-hetero) is 1. The Bertz CT molecular complexity index is 1210. The van der Waals surface area contributed by atoms with E-state index in [0.717, 1.165) is 19.3 Å². The lowest BCUT2D eigenvalue weighted by molar-refractivity contribution is -0.145. The molecule has 0 aromatic carbocycles. The van der Waals surface area contributed by atoms with Crippen LogP contribution in [0.5, 0.6) is 0 Å². The Morgan fingerprint density at radius 2 is 1.53 bits per heavy atom. The Balaban J connectivity index is 1.84. The van der Waals surface area contributed by atoms with Crippen LogP contribution in [0.1, 0.15) is 81.1 Å². The van der Waals surface area contributed by atoms with Gasteiger partial charge in [0.25, 0.3) is 5.91 Å². The number of hydrogen-bond donors (Lipinski definition) is 4. The molecule has 3 fully saturated rings. The van der Waals surface area contributed by atoms with Gasteiger partial charge in [0.1, 0.15) is 18.1 Å². The number of likely N-dealkylation sites (tertiary alicyclic amines) is 1. The number of fused-ring (bicyclic) bond motifs is 1. The fraction of sp³-hybridized carbons (Fsp3) is 0.758. The number of likely N-dealkylation sites (N-methyl/N-ethyl adjacent to an activating group) is 1. The van der Waals surface area contributed by atoms with Gasteiger partial charge in [-0.3, -0.25) is 24.0 Å². The Labute approximate surface area is 267 Å². The maximum Gasteiger partial charge on any atom is 0.316 e. The van der Waals surface area contributed by atoms with Crippen molar-refractivity contribution in [3.05, 3.63) is 12.7 Å². The van der Waals surface area contributed by atoms with E-state index in [0.29, 0.717) is 19.5 Å². The van der Waals surface area contributed by atoms with Crippen LogP contribution in [0.4, 0.5) is 4.79 Å². The molecule has 0 bridgehead atoms. The first kappa shape index (κ1) is 36.0. The average Bonchev–Trinajstić information content (AvgIpc) is 3.20. The lowest BCUT2D eigenvalue weighted by atomic mass is 9.80. The van der Waals surface area contributed by atoms with Gasteiger partial charge in [-0.05, 0) is 40.4 Å². The fourth-order valence-corrected chi connectivity index (χ4v) is 6.81. The number of carbonyl (C=O) groups is 6. The molecule has 12 nitrogen and oxygen atoms in total. The van der Waals surface area contributed by atoms with Crippen LogP contribution >= 0.6 is 0 Å². The largest absolute Gasteiger partial charge is 0.363 e. The second-order valence-electron chi connectivity index (χ2n) is 15.9. The maximum absolute atomic E-state index is 14.3. The van der Waals surface area contributed by atoms with E-state index < -0.39 is 64.5 Å². The number of nitrogens with one attached hydrogen (secondary N) is 3. The molecule has 5 N–H and O–H groups in total. The summed E-state index contributed by atoms with van der Waals surface area (Å²) < 4.78 is 0. The Morgan fingerprint density at radius 3 is 2.00 bits per heavy atom. The second-order valence-corrected chi connectivity index (χ2v) is 15.9. The molecule has 2 aliphatic carbocycles. The third-order valence-corrected chi connectivity index (χ3v) is 9.99. The first-order valence-electron chi connectivity index (χ1n) is 16.0. The van der Waals surface area contributed by atoms with E-state index in [1.165, 1.54) is 9.80 Å². The molecule has 1 heterocycles. The molecular weight excluding hydrogens is 576 g/mol. The molecule has 12 heteroatoms. The van der Waals surface area contributed by atoms with E-state index in [9.17, 15) is 28.8 Å². The van der Waals surface area contributed by atoms with E-state index in [1.54, 1.807) is 13.1 Å². The van der Waals surface area contributed by atoms with E-state index in [4.69, 9.17) is 5.73 Å². The molecule has 45 heavy (non-hydrogen) atoms. The van der Waals surface area contributed by atoms with E-state index in [-0.39, 0.29) is 29.1 Å². The van der Waals surface area contributed by atoms with Crippen LogP contribution in [0.2, 0.25) is 0 Å². The molecule has 3 rings (SSSR count). The number of nitrogens with zero attached hydrogens (tertiary/aromatic N) is 2. The van der Waals surface area contributed by atoms with Crippen molar-refractivity contribution in [1.82, 2.24) is 25.8 Å². The van der Waals surface area contributed by atoms with Crippen molar-refractivity contribution in [2.75, 3.05) is 20.1 Å². The van der Waals surface area contributed by atoms with Crippen molar-refractivity contribution in [3.8, 4) is 0 Å². The second kappa shape index (κ2) is 13.1. The fourth-order valence-electron chi connectivity index (χ4n) is 6.81. The molecular formula is C33H54N6O6. The van der Waals surface area contributed by atoms with Crippen molar-refractivity contribution in [2.24, 2.45) is 39.7 Å². The predicted octanol–water partition coefficient (Wildman–Crippen LogP) is 1.97. The molecule has 6 atom stereocenters. The molecule has 2 saturated carbocycles. The van der Waals surface area contributed by atoms with Crippen LogP contribution in [0.3, 0.4) is 0 Å². The first-order chi connectivity index (χ1) is 20.6. The molecule has 2 unspecified atom stereocenters. The molecule has 0 aromatic heterocycles. The number of amides is 6. The minimum absolute atomic E-state index is 0.0619. The number of carbonyl (C=O) groups excluding carboxylic acids is 6. The van der Waals surface area contributed by atoms with Crippen molar-refractivity contribution < 1.29 is 28.8 Å². The zero-order chi connectivity index (χ0) is 34.2. The number of rotatable bonds is 12. The number of piperidine rings is 1. The monoisotopic (exact) mass is 630 g/mol. The highest BCUT2D eigenvalue weighted by molar-refractivity contribution is 6.37. The number of ketones is 1. The van der Waals surface area contributed by atoms with Crippen LogP contribution in [-0.2, 0) is 24.0 Å². The van der Waals surface area contributed by atoms with Crippen LogP contribution in [-0.4, -0.2) is 89.5 Å². The summed E-state index contributed by atoms with van der Waals surface area (Å²) in [4.78, 5) is 82.3. The summed E-state index contributed by atoms with van der Waals surface area (Å²) in [5.74, 6) is -3.03. The number of nitrogens with two attached hydrogens (primary N) is 1. The lowest BCUT2D eigenvalue weighted by Crippen LogP contribution is -2.63. The van der Waals surface area contributed by atoms with Crippen LogP contribution < -0.4 is 21.7 Å². The number of urea groups is 1. The normalized spacial score (nSPS) is 24.2. The lowest BCUT2D eigenvalue weighted by Gasteiger charge is -2.39. The summed E-state index contributed by atoms with van der Waals surface area (Å²) in [6, 6.07) is -4.53. The minimum atomic E-state index is -1.10. The van der Waals surface area contributed by atoms with Gasteiger partial charge in [-0.25, -0.2) is 4.79 Å². The highest BCUT2D eigenvalue weighted by atomic mass is 16.2. The van der Waals surface area contributed by atoms with Gasteiger partial charge < -0.3 is 31.5 Å². The highest BCUT2D eigenvalue weighted by Crippen LogP contribution is 2.65. The molecule has 3 aliphatic rings. The summed E-state index contributed by atoms with van der Waals surface area (Å²) in [7, 11) is 1.63. The summed E-state index contributed by atoms with van der Waals surface area (Å²) in [5.41, 5.74) is 3.74. The van der Waals surface area contributed by atoms with Gasteiger partial charge in [0.05, 0.1) is 6.04 Å². The molecule has 0 radical (unpaired) electrons. The van der Waals surface area contributed by atoms with Crippen molar-refractivity contribution in [1.29, 1.82) is 0 Å². The van der Waals surface area contributed by atoms with Crippen LogP contribution in [0, 0.1) is 34.0 Å². The van der Waals surface area contributed by atoms with Crippen LogP contribution in [0.25, 0.3) is 0 Å².